The van der Waals surface area contributed by atoms with Gasteiger partial charge in [-0.2, -0.15) is 0 Å². The van der Waals surface area contributed by atoms with Crippen LogP contribution in [0.15, 0.2) is 41.6 Å². The van der Waals surface area contributed by atoms with Crippen molar-refractivity contribution in [1.29, 1.82) is 0 Å². The van der Waals surface area contributed by atoms with E-state index >= 15 is 0 Å². The number of rotatable bonds is 7. The maximum absolute atomic E-state index is 13.5. The molecule has 1 atom stereocenters. The monoisotopic (exact) mass is 473 g/mol. The number of hydrogen-bond donors (Lipinski definition) is 3. The van der Waals surface area contributed by atoms with Gasteiger partial charge in [0.15, 0.2) is 6.61 Å². The van der Waals surface area contributed by atoms with Crippen molar-refractivity contribution in [3.05, 3.63) is 69.3 Å². The van der Waals surface area contributed by atoms with Crippen LogP contribution >= 0.6 is 11.6 Å². The number of nitrogens with zero attached hydrogens (tertiary/aromatic N) is 1. The Kier molecular flexibility index (Phi) is 6.41. The number of benzene rings is 1. The minimum absolute atomic E-state index is 0.0267. The third kappa shape index (κ3) is 5.02. The number of halogens is 2. The molecule has 3 aliphatic carbocycles. The molecule has 7 nitrogen and oxygen atoms in total. The van der Waals surface area contributed by atoms with Crippen molar-refractivity contribution in [2.24, 2.45) is 0 Å². The molecule has 1 aromatic heterocycles. The standard InChI is InChI=1S/C24H25ClFN3O4/c1-13-5-14(2)27-10-16(13)11-28-23(32)22-15-7-24(8-15,9-20(22)30)29-21(31)12-33-17-3-4-18(25)19(26)6-17/h3-6,10,20,30H,7-9,11-12H2,1-2H3,(H,28,32)(H,29,31). The van der Waals surface area contributed by atoms with Gasteiger partial charge in [-0.05, 0) is 56.0 Å². The van der Waals surface area contributed by atoms with Gasteiger partial charge in [0.1, 0.15) is 11.6 Å². The van der Waals surface area contributed by atoms with E-state index in [1.807, 2.05) is 19.9 Å². The van der Waals surface area contributed by atoms with E-state index in [1.54, 1.807) is 6.20 Å². The smallest absolute Gasteiger partial charge is 0.258 e. The van der Waals surface area contributed by atoms with Gasteiger partial charge in [-0.25, -0.2) is 4.39 Å². The number of hydrogen-bond acceptors (Lipinski definition) is 5. The van der Waals surface area contributed by atoms with Crippen LogP contribution in [-0.2, 0) is 16.1 Å². The van der Waals surface area contributed by atoms with Crippen LogP contribution in [0, 0.1) is 19.7 Å². The molecule has 0 aliphatic heterocycles. The maximum atomic E-state index is 13.5. The summed E-state index contributed by atoms with van der Waals surface area (Å²) in [5.41, 5.74) is 3.50. The van der Waals surface area contributed by atoms with Gasteiger partial charge in [-0.3, -0.25) is 14.6 Å². The summed E-state index contributed by atoms with van der Waals surface area (Å²) in [6, 6.07) is 5.90. The summed E-state index contributed by atoms with van der Waals surface area (Å²) in [7, 11) is 0. The Morgan fingerprint density at radius 3 is 2.73 bits per heavy atom. The molecule has 0 radical (unpaired) electrons. The summed E-state index contributed by atoms with van der Waals surface area (Å²) < 4.78 is 18.8. The van der Waals surface area contributed by atoms with Crippen LogP contribution in [0.2, 0.25) is 5.02 Å². The number of aryl methyl sites for hydroxylation is 2. The van der Waals surface area contributed by atoms with Gasteiger partial charge in [0.05, 0.1) is 16.7 Å². The highest BCUT2D eigenvalue weighted by Crippen LogP contribution is 2.48. The highest BCUT2D eigenvalue weighted by molar-refractivity contribution is 6.30. The van der Waals surface area contributed by atoms with Gasteiger partial charge < -0.3 is 20.5 Å². The van der Waals surface area contributed by atoms with Crippen LogP contribution in [0.3, 0.4) is 0 Å². The molecule has 2 amide bonds. The maximum Gasteiger partial charge on any atom is 0.258 e. The third-order valence-corrected chi connectivity index (χ3v) is 6.41. The second-order valence-electron chi connectivity index (χ2n) is 8.72. The molecule has 0 saturated heterocycles. The molecule has 1 saturated carbocycles. The van der Waals surface area contributed by atoms with Crippen LogP contribution in [0.5, 0.6) is 5.75 Å². The Balaban J connectivity index is 1.32. The molecule has 174 valence electrons. The van der Waals surface area contributed by atoms with Gasteiger partial charge in [-0.15, -0.1) is 0 Å². The Hall–Kier alpha value is -2.97. The first-order valence-corrected chi connectivity index (χ1v) is 11.0. The first-order chi connectivity index (χ1) is 15.7. The third-order valence-electron chi connectivity index (χ3n) is 6.11. The van der Waals surface area contributed by atoms with Gasteiger partial charge >= 0.3 is 0 Å². The highest BCUT2D eigenvalue weighted by atomic mass is 35.5. The second kappa shape index (κ2) is 9.11. The molecule has 1 fully saturated rings. The van der Waals surface area contributed by atoms with Gasteiger partial charge in [0.25, 0.3) is 5.91 Å². The molecule has 1 heterocycles. The lowest BCUT2D eigenvalue weighted by atomic mass is 9.61. The molecule has 33 heavy (non-hydrogen) atoms. The molecule has 0 spiro atoms. The summed E-state index contributed by atoms with van der Waals surface area (Å²) in [6.45, 7) is 3.90. The van der Waals surface area contributed by atoms with E-state index in [0.29, 0.717) is 25.0 Å². The van der Waals surface area contributed by atoms with E-state index in [1.165, 1.54) is 12.1 Å². The number of ether oxygens (including phenoxy) is 1. The first kappa shape index (κ1) is 23.2. The molecule has 1 aromatic carbocycles. The number of carbonyl (C=O) groups excluding carboxylic acids is 2. The van der Waals surface area contributed by atoms with E-state index in [2.05, 4.69) is 15.6 Å². The van der Waals surface area contributed by atoms with E-state index in [-0.39, 0.29) is 35.6 Å². The summed E-state index contributed by atoms with van der Waals surface area (Å²) >= 11 is 5.64. The van der Waals surface area contributed by atoms with Crippen molar-refractivity contribution in [3.8, 4) is 5.75 Å². The number of amides is 2. The predicted molar refractivity (Wildman–Crippen MR) is 120 cm³/mol. The van der Waals surface area contributed by atoms with Crippen molar-refractivity contribution in [3.63, 3.8) is 0 Å². The van der Waals surface area contributed by atoms with Crippen molar-refractivity contribution >= 4 is 23.4 Å². The Labute approximate surface area is 196 Å². The summed E-state index contributed by atoms with van der Waals surface area (Å²) in [5.74, 6) is -1.12. The van der Waals surface area contributed by atoms with Crippen molar-refractivity contribution in [1.82, 2.24) is 15.6 Å². The van der Waals surface area contributed by atoms with Gasteiger partial charge in [0, 0.05) is 36.5 Å². The zero-order chi connectivity index (χ0) is 23.8. The first-order valence-electron chi connectivity index (χ1n) is 10.6. The molecule has 2 aromatic rings. The van der Waals surface area contributed by atoms with Crippen LogP contribution in [-0.4, -0.2) is 40.2 Å². The molecule has 3 aliphatic rings. The minimum Gasteiger partial charge on any atom is -0.484 e. The fraction of sp³-hybridized carbons (Fsp3) is 0.375. The van der Waals surface area contributed by atoms with Crippen LogP contribution in [0.25, 0.3) is 0 Å². The van der Waals surface area contributed by atoms with E-state index < -0.39 is 17.5 Å². The fourth-order valence-corrected chi connectivity index (χ4v) is 4.60. The Bertz CT molecular complexity index is 1140. The number of aliphatic hydroxyl groups excluding tert-OH is 1. The topological polar surface area (TPSA) is 101 Å². The lowest BCUT2D eigenvalue weighted by Crippen LogP contribution is -2.61. The molecule has 5 rings (SSSR count). The SMILES string of the molecule is Cc1cc(C)c(CNC(=O)C2=C3CC(NC(=O)COc4ccc(Cl)c(F)c4)(C3)CC2O)cn1. The normalized spacial score (nSPS) is 21.3. The summed E-state index contributed by atoms with van der Waals surface area (Å²) in [4.78, 5) is 29.4. The van der Waals surface area contributed by atoms with Crippen LogP contribution < -0.4 is 15.4 Å². The molecule has 9 heteroatoms. The number of aliphatic hydroxyl groups is 1. The van der Waals surface area contributed by atoms with Crippen LogP contribution in [0.4, 0.5) is 4.39 Å². The van der Waals surface area contributed by atoms with Crippen molar-refractivity contribution in [2.75, 3.05) is 6.61 Å². The zero-order valence-corrected chi connectivity index (χ0v) is 19.1. The number of fused-ring (bicyclic) bond motifs is 2. The van der Waals surface area contributed by atoms with Crippen molar-refractivity contribution in [2.45, 2.75) is 51.3 Å². The van der Waals surface area contributed by atoms with Gasteiger partial charge in [0.2, 0.25) is 5.91 Å². The Morgan fingerprint density at radius 1 is 1.30 bits per heavy atom. The summed E-state index contributed by atoms with van der Waals surface area (Å²) in [5, 5.41) is 16.3. The van der Waals surface area contributed by atoms with Crippen LogP contribution in [0.1, 0.15) is 36.1 Å². The van der Waals surface area contributed by atoms with Crippen molar-refractivity contribution < 1.29 is 23.8 Å². The fourth-order valence-electron chi connectivity index (χ4n) is 4.49. The average Bonchev–Trinajstić information content (AvgIpc) is 2.72. The highest BCUT2D eigenvalue weighted by Gasteiger charge is 2.51. The number of carbonyl (C=O) groups is 2. The molecular weight excluding hydrogens is 449 g/mol. The molecule has 3 N–H and O–H groups in total. The van der Waals surface area contributed by atoms with E-state index in [0.717, 1.165) is 28.5 Å². The predicted octanol–water partition coefficient (Wildman–Crippen LogP) is 2.90. The second-order valence-corrected chi connectivity index (χ2v) is 9.13. The summed E-state index contributed by atoms with van der Waals surface area (Å²) in [6.07, 6.45) is 2.01. The Morgan fingerprint density at radius 2 is 2.06 bits per heavy atom. The minimum atomic E-state index is -0.966. The number of nitrogens with one attached hydrogen (secondary N) is 2. The lowest BCUT2D eigenvalue weighted by Gasteiger charge is -2.51. The largest absolute Gasteiger partial charge is 0.484 e. The lowest BCUT2D eigenvalue weighted by molar-refractivity contribution is -0.126. The zero-order valence-electron chi connectivity index (χ0n) is 18.4. The van der Waals surface area contributed by atoms with Gasteiger partial charge in [-0.1, -0.05) is 17.2 Å². The van der Waals surface area contributed by atoms with E-state index in [9.17, 15) is 19.1 Å². The average molecular weight is 474 g/mol. The van der Waals surface area contributed by atoms with E-state index in [4.69, 9.17) is 16.3 Å². The molecule has 1 unspecified atom stereocenters. The molecular formula is C24H25ClFN3O4. The number of aromatic nitrogens is 1. The number of pyridine rings is 1. The quantitative estimate of drug-likeness (QED) is 0.574. The molecule has 2 bridgehead atoms.